The highest BCUT2D eigenvalue weighted by molar-refractivity contribution is 5.77. The third kappa shape index (κ3) is 3.70. The quantitative estimate of drug-likeness (QED) is 0.730. The number of esters is 1. The molecule has 0 aliphatic carbocycles. The summed E-state index contributed by atoms with van der Waals surface area (Å²) in [5, 5.41) is 0. The SMILES string of the molecule is COC(=O)CC(C)N1CC(C(N)=O)CCC1C. The molecule has 1 heterocycles. The van der Waals surface area contributed by atoms with Gasteiger partial charge in [0, 0.05) is 18.6 Å². The van der Waals surface area contributed by atoms with Crippen LogP contribution in [0.1, 0.15) is 33.1 Å². The van der Waals surface area contributed by atoms with Gasteiger partial charge in [-0.2, -0.15) is 0 Å². The average molecular weight is 242 g/mol. The molecule has 98 valence electrons. The van der Waals surface area contributed by atoms with E-state index in [0.717, 1.165) is 12.8 Å². The van der Waals surface area contributed by atoms with Crippen LogP contribution in [0.4, 0.5) is 0 Å². The molecule has 1 aliphatic heterocycles. The third-order valence-corrected chi connectivity index (χ3v) is 3.59. The van der Waals surface area contributed by atoms with Crippen molar-refractivity contribution in [3.8, 4) is 0 Å². The normalized spacial score (nSPS) is 27.5. The molecule has 1 rings (SSSR count). The number of likely N-dealkylation sites (tertiary alicyclic amines) is 1. The molecule has 0 aromatic rings. The zero-order valence-corrected chi connectivity index (χ0v) is 10.8. The number of ether oxygens (including phenoxy) is 1. The van der Waals surface area contributed by atoms with Gasteiger partial charge in [0.15, 0.2) is 0 Å². The lowest BCUT2D eigenvalue weighted by atomic mass is 9.91. The lowest BCUT2D eigenvalue weighted by Gasteiger charge is -2.40. The summed E-state index contributed by atoms with van der Waals surface area (Å²) in [6, 6.07) is 0.463. The van der Waals surface area contributed by atoms with Crippen LogP contribution in [0, 0.1) is 5.92 Å². The van der Waals surface area contributed by atoms with Gasteiger partial charge in [-0.05, 0) is 26.7 Å². The van der Waals surface area contributed by atoms with Gasteiger partial charge in [0.2, 0.25) is 5.91 Å². The molecule has 5 heteroatoms. The minimum Gasteiger partial charge on any atom is -0.469 e. The fourth-order valence-corrected chi connectivity index (χ4v) is 2.42. The van der Waals surface area contributed by atoms with Crippen LogP contribution in [-0.2, 0) is 14.3 Å². The van der Waals surface area contributed by atoms with Crippen LogP contribution < -0.4 is 5.73 Å². The number of carbonyl (C=O) groups is 2. The van der Waals surface area contributed by atoms with E-state index in [1.54, 1.807) is 0 Å². The Kier molecular flexibility index (Phi) is 4.93. The molecule has 1 aliphatic rings. The predicted octanol–water partition coefficient (Wildman–Crippen LogP) is 0.524. The van der Waals surface area contributed by atoms with Crippen molar-refractivity contribution in [2.75, 3.05) is 13.7 Å². The van der Waals surface area contributed by atoms with Gasteiger partial charge in [0.1, 0.15) is 0 Å². The molecule has 2 N–H and O–H groups in total. The second-order valence-corrected chi connectivity index (χ2v) is 4.85. The first kappa shape index (κ1) is 14.0. The molecule has 5 nitrogen and oxygen atoms in total. The standard InChI is InChI=1S/C12H22N2O3/c1-8-4-5-10(12(13)16)7-14(8)9(2)6-11(15)17-3/h8-10H,4-7H2,1-3H3,(H2,13,16). The first-order valence-corrected chi connectivity index (χ1v) is 6.07. The molecule has 1 saturated heterocycles. The maximum atomic E-state index is 11.2. The van der Waals surface area contributed by atoms with E-state index >= 15 is 0 Å². The van der Waals surface area contributed by atoms with E-state index in [-0.39, 0.29) is 23.8 Å². The molecular weight excluding hydrogens is 220 g/mol. The summed E-state index contributed by atoms with van der Waals surface area (Å²) < 4.78 is 4.66. The maximum absolute atomic E-state index is 11.2. The number of carbonyl (C=O) groups excluding carboxylic acids is 2. The number of methoxy groups -OCH3 is 1. The van der Waals surface area contributed by atoms with Gasteiger partial charge >= 0.3 is 5.97 Å². The summed E-state index contributed by atoms with van der Waals surface area (Å²) in [6.45, 7) is 4.75. The molecule has 3 unspecified atom stereocenters. The Balaban J connectivity index is 2.59. The Labute approximate surface area is 102 Å². The number of amides is 1. The van der Waals surface area contributed by atoms with Crippen LogP contribution in [0.3, 0.4) is 0 Å². The van der Waals surface area contributed by atoms with Crippen LogP contribution in [-0.4, -0.2) is 42.5 Å². The Morgan fingerprint density at radius 2 is 2.12 bits per heavy atom. The topological polar surface area (TPSA) is 72.6 Å². The molecule has 3 atom stereocenters. The second kappa shape index (κ2) is 6.00. The first-order valence-electron chi connectivity index (χ1n) is 6.07. The van der Waals surface area contributed by atoms with Gasteiger partial charge < -0.3 is 10.5 Å². The molecule has 0 radical (unpaired) electrons. The maximum Gasteiger partial charge on any atom is 0.307 e. The van der Waals surface area contributed by atoms with Crippen LogP contribution >= 0.6 is 0 Å². The van der Waals surface area contributed by atoms with Gasteiger partial charge in [-0.1, -0.05) is 0 Å². The smallest absolute Gasteiger partial charge is 0.307 e. The Morgan fingerprint density at radius 1 is 1.47 bits per heavy atom. The number of nitrogens with zero attached hydrogens (tertiary/aromatic N) is 1. The van der Waals surface area contributed by atoms with Crippen molar-refractivity contribution >= 4 is 11.9 Å². The molecular formula is C12H22N2O3. The van der Waals surface area contributed by atoms with Crippen molar-refractivity contribution in [3.63, 3.8) is 0 Å². The predicted molar refractivity (Wildman–Crippen MR) is 64.2 cm³/mol. The minimum atomic E-state index is -0.243. The van der Waals surface area contributed by atoms with Gasteiger partial charge in [0.05, 0.1) is 19.4 Å². The van der Waals surface area contributed by atoms with Crippen LogP contribution in [0.15, 0.2) is 0 Å². The van der Waals surface area contributed by atoms with Crippen LogP contribution in [0.5, 0.6) is 0 Å². The third-order valence-electron chi connectivity index (χ3n) is 3.59. The van der Waals surface area contributed by atoms with Crippen molar-refractivity contribution < 1.29 is 14.3 Å². The fraction of sp³-hybridized carbons (Fsp3) is 0.833. The van der Waals surface area contributed by atoms with Crippen molar-refractivity contribution in [3.05, 3.63) is 0 Å². The highest BCUT2D eigenvalue weighted by Gasteiger charge is 2.32. The second-order valence-electron chi connectivity index (χ2n) is 4.85. The summed E-state index contributed by atoms with van der Waals surface area (Å²) in [6.07, 6.45) is 2.14. The van der Waals surface area contributed by atoms with E-state index in [1.165, 1.54) is 7.11 Å². The number of primary amides is 1. The van der Waals surface area contributed by atoms with Gasteiger partial charge in [-0.25, -0.2) is 0 Å². The van der Waals surface area contributed by atoms with E-state index in [9.17, 15) is 9.59 Å². The highest BCUT2D eigenvalue weighted by atomic mass is 16.5. The van der Waals surface area contributed by atoms with Gasteiger partial charge in [-0.3, -0.25) is 14.5 Å². The van der Waals surface area contributed by atoms with Crippen LogP contribution in [0.2, 0.25) is 0 Å². The number of piperidine rings is 1. The summed E-state index contributed by atoms with van der Waals surface area (Å²) in [4.78, 5) is 24.6. The van der Waals surface area contributed by atoms with Crippen molar-refractivity contribution in [2.24, 2.45) is 11.7 Å². The van der Waals surface area contributed by atoms with Gasteiger partial charge in [-0.15, -0.1) is 0 Å². The Hall–Kier alpha value is -1.10. The average Bonchev–Trinajstić information content (AvgIpc) is 2.28. The van der Waals surface area contributed by atoms with E-state index in [2.05, 4.69) is 16.6 Å². The summed E-state index contributed by atoms with van der Waals surface area (Å²) in [5.41, 5.74) is 5.35. The molecule has 0 spiro atoms. The minimum absolute atomic E-state index is 0.0830. The molecule has 0 aromatic carbocycles. The van der Waals surface area contributed by atoms with Crippen molar-refractivity contribution in [1.82, 2.24) is 4.90 Å². The monoisotopic (exact) mass is 242 g/mol. The molecule has 1 fully saturated rings. The molecule has 0 aromatic heterocycles. The summed E-state index contributed by atoms with van der Waals surface area (Å²) >= 11 is 0. The first-order chi connectivity index (χ1) is 7.95. The van der Waals surface area contributed by atoms with E-state index in [1.807, 2.05) is 6.92 Å². The van der Waals surface area contributed by atoms with Crippen molar-refractivity contribution in [2.45, 2.75) is 45.2 Å². The van der Waals surface area contributed by atoms with Crippen LogP contribution in [0.25, 0.3) is 0 Å². The van der Waals surface area contributed by atoms with E-state index < -0.39 is 0 Å². The summed E-state index contributed by atoms with van der Waals surface area (Å²) in [7, 11) is 1.39. The van der Waals surface area contributed by atoms with Crippen molar-refractivity contribution in [1.29, 1.82) is 0 Å². The Morgan fingerprint density at radius 3 is 2.65 bits per heavy atom. The lowest BCUT2D eigenvalue weighted by Crippen LogP contribution is -2.50. The molecule has 1 amide bonds. The number of hydrogen-bond donors (Lipinski definition) is 1. The molecule has 0 bridgehead atoms. The molecule has 17 heavy (non-hydrogen) atoms. The van der Waals surface area contributed by atoms with E-state index in [0.29, 0.717) is 19.0 Å². The highest BCUT2D eigenvalue weighted by Crippen LogP contribution is 2.24. The molecule has 0 saturated carbocycles. The number of nitrogens with two attached hydrogens (primary N) is 1. The zero-order chi connectivity index (χ0) is 13.0. The summed E-state index contributed by atoms with van der Waals surface area (Å²) in [5.74, 6) is -0.552. The van der Waals surface area contributed by atoms with E-state index in [4.69, 9.17) is 5.73 Å². The fourth-order valence-electron chi connectivity index (χ4n) is 2.42. The Bertz CT molecular complexity index is 293. The zero-order valence-electron chi connectivity index (χ0n) is 10.8. The number of rotatable bonds is 4. The number of hydrogen-bond acceptors (Lipinski definition) is 4. The van der Waals surface area contributed by atoms with Gasteiger partial charge in [0.25, 0.3) is 0 Å². The largest absolute Gasteiger partial charge is 0.469 e. The lowest BCUT2D eigenvalue weighted by molar-refractivity contribution is -0.142.